The molecule has 0 spiro atoms. The zero-order chi connectivity index (χ0) is 20.0. The van der Waals surface area contributed by atoms with Crippen LogP contribution in [0, 0.1) is 6.92 Å². The molecule has 2 aromatic carbocycles. The molecule has 2 aromatic rings. The van der Waals surface area contributed by atoms with Crippen LogP contribution in [0.3, 0.4) is 0 Å². The fraction of sp³-hybridized carbons (Fsp3) is 0.333. The van der Waals surface area contributed by atoms with E-state index < -0.39 is 6.04 Å². The SMILES string of the molecule is Cc1ccc(NC(=O)CN(C)C(=O)[C@@H](C)N[C@@H](C)c2cccc(Cl)c2)cc1. The summed E-state index contributed by atoms with van der Waals surface area (Å²) >= 11 is 6.02. The third kappa shape index (κ3) is 6.38. The van der Waals surface area contributed by atoms with E-state index in [-0.39, 0.29) is 24.4 Å². The van der Waals surface area contributed by atoms with Crippen molar-refractivity contribution in [1.29, 1.82) is 0 Å². The number of amides is 2. The fourth-order valence-electron chi connectivity index (χ4n) is 2.78. The number of aryl methyl sites for hydroxylation is 1. The molecule has 0 unspecified atom stereocenters. The van der Waals surface area contributed by atoms with Crippen molar-refractivity contribution >= 4 is 29.1 Å². The number of nitrogens with one attached hydrogen (secondary N) is 2. The summed E-state index contributed by atoms with van der Waals surface area (Å²) in [6.45, 7) is 5.73. The van der Waals surface area contributed by atoms with Crippen molar-refractivity contribution in [2.75, 3.05) is 18.9 Å². The summed E-state index contributed by atoms with van der Waals surface area (Å²) in [5.41, 5.74) is 2.84. The summed E-state index contributed by atoms with van der Waals surface area (Å²) in [5.74, 6) is -0.382. The molecule has 0 radical (unpaired) electrons. The van der Waals surface area contributed by atoms with Crippen molar-refractivity contribution in [3.63, 3.8) is 0 Å². The molecule has 0 fully saturated rings. The lowest BCUT2D eigenvalue weighted by Crippen LogP contribution is -2.46. The first-order valence-electron chi connectivity index (χ1n) is 8.89. The van der Waals surface area contributed by atoms with E-state index in [0.717, 1.165) is 11.1 Å². The summed E-state index contributed by atoms with van der Waals surface area (Å²) in [7, 11) is 1.62. The molecule has 27 heavy (non-hydrogen) atoms. The largest absolute Gasteiger partial charge is 0.335 e. The van der Waals surface area contributed by atoms with Gasteiger partial charge in [-0.25, -0.2) is 0 Å². The number of anilines is 1. The summed E-state index contributed by atoms with van der Waals surface area (Å²) in [5, 5.41) is 6.71. The first kappa shape index (κ1) is 20.9. The maximum atomic E-state index is 12.6. The van der Waals surface area contributed by atoms with Gasteiger partial charge in [0.1, 0.15) is 0 Å². The van der Waals surface area contributed by atoms with E-state index in [1.165, 1.54) is 4.90 Å². The Labute approximate surface area is 165 Å². The minimum absolute atomic E-state index is 0.00965. The highest BCUT2D eigenvalue weighted by Crippen LogP contribution is 2.18. The number of hydrogen-bond donors (Lipinski definition) is 2. The maximum Gasteiger partial charge on any atom is 0.243 e. The van der Waals surface area contributed by atoms with Gasteiger partial charge < -0.3 is 10.2 Å². The highest BCUT2D eigenvalue weighted by Gasteiger charge is 2.21. The van der Waals surface area contributed by atoms with Crippen molar-refractivity contribution in [2.24, 2.45) is 0 Å². The molecule has 6 heteroatoms. The van der Waals surface area contributed by atoms with Crippen molar-refractivity contribution in [1.82, 2.24) is 10.2 Å². The number of halogens is 1. The normalized spacial score (nSPS) is 12.9. The Kier molecular flexibility index (Phi) is 7.39. The first-order valence-corrected chi connectivity index (χ1v) is 9.27. The van der Waals surface area contributed by atoms with Crippen molar-refractivity contribution in [2.45, 2.75) is 32.9 Å². The van der Waals surface area contributed by atoms with Crippen LogP contribution in [-0.2, 0) is 9.59 Å². The number of hydrogen-bond acceptors (Lipinski definition) is 3. The minimum atomic E-state index is -0.434. The number of carbonyl (C=O) groups is 2. The number of rotatable bonds is 7. The van der Waals surface area contributed by atoms with Crippen LogP contribution in [0.4, 0.5) is 5.69 Å². The molecule has 2 N–H and O–H groups in total. The summed E-state index contributed by atoms with van der Waals surface area (Å²) in [4.78, 5) is 26.2. The van der Waals surface area contributed by atoms with Crippen LogP contribution in [0.1, 0.15) is 31.0 Å². The maximum absolute atomic E-state index is 12.6. The minimum Gasteiger partial charge on any atom is -0.335 e. The van der Waals surface area contributed by atoms with E-state index in [0.29, 0.717) is 10.7 Å². The van der Waals surface area contributed by atoms with Crippen molar-refractivity contribution in [3.8, 4) is 0 Å². The molecule has 0 aliphatic rings. The second-order valence-electron chi connectivity index (χ2n) is 6.77. The second-order valence-corrected chi connectivity index (χ2v) is 7.21. The Morgan fingerprint density at radius 1 is 1.11 bits per heavy atom. The molecule has 2 amide bonds. The van der Waals surface area contributed by atoms with E-state index >= 15 is 0 Å². The van der Waals surface area contributed by atoms with Crippen LogP contribution in [0.25, 0.3) is 0 Å². The predicted octanol–water partition coefficient (Wildman–Crippen LogP) is 3.78. The molecule has 0 bridgehead atoms. The van der Waals surface area contributed by atoms with Crippen LogP contribution >= 0.6 is 11.6 Å². The molecule has 0 aliphatic heterocycles. The van der Waals surface area contributed by atoms with Gasteiger partial charge in [0, 0.05) is 23.8 Å². The molecule has 0 saturated heterocycles. The Morgan fingerprint density at radius 2 is 1.78 bits per heavy atom. The van der Waals surface area contributed by atoms with Gasteiger partial charge in [-0.15, -0.1) is 0 Å². The molecule has 0 saturated carbocycles. The first-order chi connectivity index (χ1) is 12.8. The standard InChI is InChI=1S/C21H26ClN3O2/c1-14-8-10-19(11-9-14)24-20(26)13-25(4)21(27)16(3)23-15(2)17-6-5-7-18(22)12-17/h5-12,15-16,23H,13H2,1-4H3,(H,24,26)/t15-,16+/m0/s1. The molecule has 5 nitrogen and oxygen atoms in total. The lowest BCUT2D eigenvalue weighted by Gasteiger charge is -2.24. The number of carbonyl (C=O) groups excluding carboxylic acids is 2. The third-order valence-electron chi connectivity index (χ3n) is 4.31. The zero-order valence-electron chi connectivity index (χ0n) is 16.1. The topological polar surface area (TPSA) is 61.4 Å². The van der Waals surface area contributed by atoms with Crippen molar-refractivity contribution < 1.29 is 9.59 Å². The average molecular weight is 388 g/mol. The van der Waals surface area contributed by atoms with Gasteiger partial charge in [0.25, 0.3) is 0 Å². The van der Waals surface area contributed by atoms with Crippen LogP contribution < -0.4 is 10.6 Å². The number of nitrogens with zero attached hydrogens (tertiary/aromatic N) is 1. The highest BCUT2D eigenvalue weighted by molar-refractivity contribution is 6.30. The monoisotopic (exact) mass is 387 g/mol. The summed E-state index contributed by atoms with van der Waals surface area (Å²) in [6, 6.07) is 14.6. The quantitative estimate of drug-likeness (QED) is 0.759. The van der Waals surface area contributed by atoms with E-state index in [1.807, 2.05) is 62.4 Å². The van der Waals surface area contributed by atoms with Crippen LogP contribution in [0.5, 0.6) is 0 Å². The zero-order valence-corrected chi connectivity index (χ0v) is 16.9. The fourth-order valence-corrected chi connectivity index (χ4v) is 2.98. The Hall–Kier alpha value is -2.37. The average Bonchev–Trinajstić information content (AvgIpc) is 2.62. The van der Waals surface area contributed by atoms with Gasteiger partial charge in [-0.05, 0) is 50.6 Å². The van der Waals surface area contributed by atoms with E-state index in [4.69, 9.17) is 11.6 Å². The van der Waals surface area contributed by atoms with Gasteiger partial charge in [-0.1, -0.05) is 41.4 Å². The van der Waals surface area contributed by atoms with Crippen LogP contribution in [-0.4, -0.2) is 36.3 Å². The summed E-state index contributed by atoms with van der Waals surface area (Å²) in [6.07, 6.45) is 0. The number of likely N-dealkylation sites (N-methyl/N-ethyl adjacent to an activating group) is 1. The molecule has 2 rings (SSSR count). The smallest absolute Gasteiger partial charge is 0.243 e. The second kappa shape index (κ2) is 9.53. The Balaban J connectivity index is 1.87. The van der Waals surface area contributed by atoms with Gasteiger partial charge >= 0.3 is 0 Å². The molecule has 0 aliphatic carbocycles. The molecule has 0 aromatic heterocycles. The lowest BCUT2D eigenvalue weighted by atomic mass is 10.1. The van der Waals surface area contributed by atoms with Crippen LogP contribution in [0.2, 0.25) is 5.02 Å². The van der Waals surface area contributed by atoms with Gasteiger partial charge in [-0.3, -0.25) is 14.9 Å². The van der Waals surface area contributed by atoms with E-state index in [1.54, 1.807) is 14.0 Å². The molecule has 0 heterocycles. The molecular formula is C21H26ClN3O2. The third-order valence-corrected chi connectivity index (χ3v) is 4.55. The van der Waals surface area contributed by atoms with Crippen LogP contribution in [0.15, 0.2) is 48.5 Å². The van der Waals surface area contributed by atoms with Gasteiger partial charge in [0.15, 0.2) is 0 Å². The summed E-state index contributed by atoms with van der Waals surface area (Å²) < 4.78 is 0. The Bertz CT molecular complexity index is 792. The van der Waals surface area contributed by atoms with Gasteiger partial charge in [0.2, 0.25) is 11.8 Å². The molecule has 144 valence electrons. The van der Waals surface area contributed by atoms with E-state index in [9.17, 15) is 9.59 Å². The number of benzene rings is 2. The highest BCUT2D eigenvalue weighted by atomic mass is 35.5. The Morgan fingerprint density at radius 3 is 2.41 bits per heavy atom. The van der Waals surface area contributed by atoms with E-state index in [2.05, 4.69) is 10.6 Å². The lowest BCUT2D eigenvalue weighted by molar-refractivity contribution is -0.135. The van der Waals surface area contributed by atoms with Gasteiger partial charge in [0.05, 0.1) is 12.6 Å². The molecular weight excluding hydrogens is 362 g/mol. The van der Waals surface area contributed by atoms with Gasteiger partial charge in [-0.2, -0.15) is 0 Å². The molecule has 2 atom stereocenters. The predicted molar refractivity (Wildman–Crippen MR) is 110 cm³/mol. The van der Waals surface area contributed by atoms with Crippen molar-refractivity contribution in [3.05, 3.63) is 64.7 Å².